The van der Waals surface area contributed by atoms with Crippen LogP contribution in [0, 0.1) is 5.41 Å². The molecule has 0 bridgehead atoms. The number of aliphatic carboxylic acids is 1. The Morgan fingerprint density at radius 1 is 1.33 bits per heavy atom. The smallest absolute Gasteiger partial charge is 0.317 e. The third-order valence-electron chi connectivity index (χ3n) is 4.19. The number of hydrogen-bond donors (Lipinski definition) is 2. The molecule has 0 aromatic rings. The highest BCUT2D eigenvalue weighted by Crippen LogP contribution is 2.29. The summed E-state index contributed by atoms with van der Waals surface area (Å²) in [5.74, 6) is -0.819. The van der Waals surface area contributed by atoms with Crippen molar-refractivity contribution in [2.75, 3.05) is 39.3 Å². The van der Waals surface area contributed by atoms with Crippen LogP contribution in [0.4, 0.5) is 4.79 Å². The fourth-order valence-corrected chi connectivity index (χ4v) is 2.76. The zero-order valence-corrected chi connectivity index (χ0v) is 13.5. The Morgan fingerprint density at radius 2 is 2.05 bits per heavy atom. The average Bonchev–Trinajstić information content (AvgIpc) is 2.46. The number of likely N-dealkylation sites (tertiary alicyclic amines) is 1. The Labute approximate surface area is 127 Å². The van der Waals surface area contributed by atoms with Crippen molar-refractivity contribution in [1.29, 1.82) is 0 Å². The molecule has 0 spiro atoms. The summed E-state index contributed by atoms with van der Waals surface area (Å²) in [4.78, 5) is 27.4. The van der Waals surface area contributed by atoms with Gasteiger partial charge in [-0.15, -0.1) is 0 Å². The van der Waals surface area contributed by atoms with E-state index in [2.05, 4.69) is 24.1 Å². The zero-order chi connectivity index (χ0) is 15.9. The van der Waals surface area contributed by atoms with E-state index in [0.717, 1.165) is 32.5 Å². The summed E-state index contributed by atoms with van der Waals surface area (Å²) in [6.07, 6.45) is 2.48. The van der Waals surface area contributed by atoms with E-state index >= 15 is 0 Å². The standard InChI is InChI=1S/C15H29N3O3/c1-4-9-17(5-2)11-8-16-14(21)18-10-6-7-15(3,12-18)13(19)20/h4-12H2,1-3H3,(H,16,21)(H,19,20). The van der Waals surface area contributed by atoms with E-state index in [1.54, 1.807) is 11.8 Å². The minimum Gasteiger partial charge on any atom is -0.481 e. The Morgan fingerprint density at radius 3 is 2.62 bits per heavy atom. The molecule has 0 radical (unpaired) electrons. The van der Waals surface area contributed by atoms with Crippen LogP contribution in [0.2, 0.25) is 0 Å². The van der Waals surface area contributed by atoms with Gasteiger partial charge in [-0.3, -0.25) is 4.79 Å². The van der Waals surface area contributed by atoms with Crippen LogP contribution >= 0.6 is 0 Å². The van der Waals surface area contributed by atoms with Gasteiger partial charge in [0.05, 0.1) is 5.41 Å². The van der Waals surface area contributed by atoms with E-state index < -0.39 is 11.4 Å². The molecule has 1 aliphatic rings. The molecule has 1 unspecified atom stereocenters. The van der Waals surface area contributed by atoms with Crippen molar-refractivity contribution in [3.8, 4) is 0 Å². The van der Waals surface area contributed by atoms with Crippen molar-refractivity contribution in [1.82, 2.24) is 15.1 Å². The summed E-state index contributed by atoms with van der Waals surface area (Å²) in [5.41, 5.74) is -0.812. The van der Waals surface area contributed by atoms with E-state index in [9.17, 15) is 14.7 Å². The Kier molecular flexibility index (Phi) is 6.95. The average molecular weight is 299 g/mol. The number of hydrogen-bond acceptors (Lipinski definition) is 3. The van der Waals surface area contributed by atoms with Crippen LogP contribution in [0.5, 0.6) is 0 Å². The van der Waals surface area contributed by atoms with E-state index in [1.165, 1.54) is 0 Å². The molecule has 1 aliphatic heterocycles. The number of nitrogens with zero attached hydrogens (tertiary/aromatic N) is 2. The van der Waals surface area contributed by atoms with Crippen molar-refractivity contribution >= 4 is 12.0 Å². The van der Waals surface area contributed by atoms with Crippen molar-refractivity contribution in [2.24, 2.45) is 5.41 Å². The predicted molar refractivity (Wildman–Crippen MR) is 82.4 cm³/mol. The van der Waals surface area contributed by atoms with Crippen LogP contribution in [0.3, 0.4) is 0 Å². The Bertz CT molecular complexity index is 362. The Balaban J connectivity index is 2.40. The molecule has 6 heteroatoms. The fourth-order valence-electron chi connectivity index (χ4n) is 2.76. The topological polar surface area (TPSA) is 72.9 Å². The van der Waals surface area contributed by atoms with Crippen LogP contribution in [0.1, 0.15) is 40.0 Å². The number of nitrogens with one attached hydrogen (secondary N) is 1. The lowest BCUT2D eigenvalue weighted by molar-refractivity contribution is -0.150. The van der Waals surface area contributed by atoms with Crippen molar-refractivity contribution in [3.05, 3.63) is 0 Å². The molecule has 0 saturated carbocycles. The first kappa shape index (κ1) is 17.8. The monoisotopic (exact) mass is 299 g/mol. The highest BCUT2D eigenvalue weighted by molar-refractivity contribution is 5.78. The van der Waals surface area contributed by atoms with Gasteiger partial charge in [-0.25, -0.2) is 4.79 Å². The number of likely N-dealkylation sites (N-methyl/N-ethyl adjacent to an activating group) is 1. The summed E-state index contributed by atoms with van der Waals surface area (Å²) in [6, 6.07) is -0.144. The molecular formula is C15H29N3O3. The number of piperidine rings is 1. The number of urea groups is 1. The van der Waals surface area contributed by atoms with Crippen molar-refractivity contribution < 1.29 is 14.7 Å². The summed E-state index contributed by atoms with van der Waals surface area (Å²) >= 11 is 0. The van der Waals surface area contributed by atoms with Crippen molar-refractivity contribution in [2.45, 2.75) is 40.0 Å². The minimum atomic E-state index is -0.819. The predicted octanol–water partition coefficient (Wildman–Crippen LogP) is 1.61. The highest BCUT2D eigenvalue weighted by Gasteiger charge is 2.39. The molecule has 0 aromatic carbocycles. The van der Waals surface area contributed by atoms with Crippen LogP contribution < -0.4 is 5.32 Å². The molecule has 6 nitrogen and oxygen atoms in total. The van der Waals surface area contributed by atoms with Gasteiger partial charge >= 0.3 is 12.0 Å². The van der Waals surface area contributed by atoms with Crippen LogP contribution in [-0.2, 0) is 4.79 Å². The van der Waals surface area contributed by atoms with Crippen LogP contribution in [0.15, 0.2) is 0 Å². The molecule has 122 valence electrons. The third-order valence-corrected chi connectivity index (χ3v) is 4.19. The quantitative estimate of drug-likeness (QED) is 0.749. The molecule has 21 heavy (non-hydrogen) atoms. The second-order valence-electron chi connectivity index (χ2n) is 6.06. The van der Waals surface area contributed by atoms with Crippen LogP contribution in [0.25, 0.3) is 0 Å². The van der Waals surface area contributed by atoms with Gasteiger partial charge in [0, 0.05) is 26.2 Å². The number of amides is 2. The van der Waals surface area contributed by atoms with Gasteiger partial charge in [-0.2, -0.15) is 0 Å². The molecule has 1 heterocycles. The molecule has 1 saturated heterocycles. The molecule has 1 rings (SSSR count). The largest absolute Gasteiger partial charge is 0.481 e. The number of rotatable bonds is 7. The molecule has 0 aliphatic carbocycles. The van der Waals surface area contributed by atoms with E-state index in [4.69, 9.17) is 0 Å². The molecule has 2 amide bonds. The van der Waals surface area contributed by atoms with Gasteiger partial charge in [0.1, 0.15) is 0 Å². The molecule has 1 atom stereocenters. The number of carbonyl (C=O) groups is 2. The fraction of sp³-hybridized carbons (Fsp3) is 0.867. The maximum absolute atomic E-state index is 12.1. The molecular weight excluding hydrogens is 270 g/mol. The van der Waals surface area contributed by atoms with Crippen molar-refractivity contribution in [3.63, 3.8) is 0 Å². The molecule has 2 N–H and O–H groups in total. The highest BCUT2D eigenvalue weighted by atomic mass is 16.4. The van der Waals surface area contributed by atoms with Crippen LogP contribution in [-0.4, -0.2) is 66.2 Å². The summed E-state index contributed by atoms with van der Waals surface area (Å²) < 4.78 is 0. The van der Waals surface area contributed by atoms with Gasteiger partial charge in [-0.05, 0) is 39.3 Å². The van der Waals surface area contributed by atoms with E-state index in [0.29, 0.717) is 26.1 Å². The maximum Gasteiger partial charge on any atom is 0.317 e. The SMILES string of the molecule is CCCN(CC)CCNC(=O)N1CCCC(C)(C(=O)O)C1. The normalized spacial score (nSPS) is 22.4. The summed E-state index contributed by atoms with van der Waals surface area (Å²) in [5, 5.41) is 12.2. The number of carbonyl (C=O) groups excluding carboxylic acids is 1. The Hall–Kier alpha value is -1.30. The summed E-state index contributed by atoms with van der Waals surface area (Å²) in [6.45, 7) is 10.4. The van der Waals surface area contributed by atoms with Gasteiger partial charge in [0.25, 0.3) is 0 Å². The minimum absolute atomic E-state index is 0.144. The van der Waals surface area contributed by atoms with E-state index in [-0.39, 0.29) is 6.03 Å². The van der Waals surface area contributed by atoms with Gasteiger partial charge in [-0.1, -0.05) is 13.8 Å². The third kappa shape index (κ3) is 5.19. The number of carboxylic acids is 1. The number of carboxylic acid groups (broad SMARTS) is 1. The lowest BCUT2D eigenvalue weighted by Gasteiger charge is -2.37. The van der Waals surface area contributed by atoms with E-state index in [1.807, 2.05) is 0 Å². The first-order valence-corrected chi connectivity index (χ1v) is 7.91. The maximum atomic E-state index is 12.1. The second kappa shape index (κ2) is 8.22. The summed E-state index contributed by atoms with van der Waals surface area (Å²) in [7, 11) is 0. The second-order valence-corrected chi connectivity index (χ2v) is 6.06. The molecule has 1 fully saturated rings. The molecule has 0 aromatic heterocycles. The lowest BCUT2D eigenvalue weighted by atomic mass is 9.82. The first-order chi connectivity index (χ1) is 9.92. The lowest BCUT2D eigenvalue weighted by Crippen LogP contribution is -2.52. The zero-order valence-electron chi connectivity index (χ0n) is 13.5. The van der Waals surface area contributed by atoms with Gasteiger partial charge in [0.15, 0.2) is 0 Å². The van der Waals surface area contributed by atoms with Gasteiger partial charge < -0.3 is 20.2 Å². The van der Waals surface area contributed by atoms with Gasteiger partial charge in [0.2, 0.25) is 0 Å². The first-order valence-electron chi connectivity index (χ1n) is 7.91.